The number of aliphatic hydroxyl groups is 1. The highest BCUT2D eigenvalue weighted by molar-refractivity contribution is 8.76. The lowest BCUT2D eigenvalue weighted by Crippen LogP contribution is -2.81. The zero-order chi connectivity index (χ0) is 33.0. The van der Waals surface area contributed by atoms with E-state index in [9.17, 15) is 19.5 Å². The molecule has 0 saturated carbocycles. The lowest BCUT2D eigenvalue weighted by molar-refractivity contribution is -0.181. The Balaban J connectivity index is 1.37. The fourth-order valence-electron chi connectivity index (χ4n) is 5.15. The van der Waals surface area contributed by atoms with Crippen LogP contribution in [0.15, 0.2) is 136 Å². The molecule has 0 aliphatic carbocycles. The Hall–Kier alpha value is -5.20. The second-order valence-corrected chi connectivity index (χ2v) is 12.8. The number of β-lactam (4-membered cyclic amide) rings is 1. The van der Waals surface area contributed by atoms with Crippen molar-refractivity contribution in [2.75, 3.05) is 0 Å². The lowest BCUT2D eigenvalue weighted by atomic mass is 9.99. The van der Waals surface area contributed by atoms with Crippen LogP contribution in [0.3, 0.4) is 0 Å². The summed E-state index contributed by atoms with van der Waals surface area (Å²) in [5, 5.41) is 12.8. The van der Waals surface area contributed by atoms with Gasteiger partial charge in [-0.3, -0.25) is 14.5 Å². The zero-order valence-corrected chi connectivity index (χ0v) is 26.9. The first-order valence-corrected chi connectivity index (χ1v) is 16.7. The molecule has 2 amide bonds. The molecule has 4 aromatic carbocycles. The van der Waals surface area contributed by atoms with Crippen LogP contribution >= 0.6 is 21.6 Å². The molecule has 0 spiro atoms. The van der Waals surface area contributed by atoms with Gasteiger partial charge in [0, 0.05) is 17.7 Å². The van der Waals surface area contributed by atoms with Crippen molar-refractivity contribution >= 4 is 50.5 Å². The molecular weight excluding hydrogens is 639 g/mol. The topological polar surface area (TPSA) is 131 Å². The van der Waals surface area contributed by atoms with E-state index in [-0.39, 0.29) is 5.22 Å². The quantitative estimate of drug-likeness (QED) is 0.0389. The standard InChI is InChI=1S/C35H29N3O7S2/c1-22(39)29(31(41)44-30(24-14-6-3-7-15-24)25-16-8-4-9-17-25)38-32(42)35(37-23(2)40,45-26-18-10-5-11-19-26)33(38)46-47-34-36-27-20-12-13-21-28(27)43-34/h3-21,30,33,39H,1-2H3,(H,37,40)/b29-22+. The number of aromatic nitrogens is 1. The Morgan fingerprint density at radius 3 is 2.04 bits per heavy atom. The molecule has 0 bridgehead atoms. The molecule has 12 heteroatoms. The normalized spacial score (nSPS) is 18.0. The number of nitrogens with zero attached hydrogens (tertiary/aromatic N) is 2. The molecule has 238 valence electrons. The SMILES string of the molecule is CC(=O)NC1(Oc2ccccc2)C(=O)N(/C(C(=O)OC(c2ccccc2)c2ccccc2)=C(\C)O)C1SSc1nc2ccccc2o1. The van der Waals surface area contributed by atoms with Crippen LogP contribution < -0.4 is 10.1 Å². The molecule has 0 radical (unpaired) electrons. The summed E-state index contributed by atoms with van der Waals surface area (Å²) in [4.78, 5) is 46.4. The van der Waals surface area contributed by atoms with Gasteiger partial charge in [-0.1, -0.05) is 102 Å². The fraction of sp³-hybridized carbons (Fsp3) is 0.143. The fourth-order valence-corrected chi connectivity index (χ4v) is 7.61. The van der Waals surface area contributed by atoms with Gasteiger partial charge in [0.05, 0.1) is 0 Å². The van der Waals surface area contributed by atoms with Crippen molar-refractivity contribution in [3.8, 4) is 5.75 Å². The number of fused-ring (bicyclic) bond motifs is 1. The number of aliphatic hydroxyl groups excluding tert-OH is 1. The molecule has 1 aliphatic rings. The number of para-hydroxylation sites is 3. The third-order valence-corrected chi connectivity index (χ3v) is 9.60. The number of benzene rings is 4. The number of esters is 1. The molecule has 1 aromatic heterocycles. The lowest BCUT2D eigenvalue weighted by Gasteiger charge is -2.53. The van der Waals surface area contributed by atoms with Gasteiger partial charge < -0.3 is 24.3 Å². The third-order valence-electron chi connectivity index (χ3n) is 7.19. The molecule has 10 nitrogen and oxygen atoms in total. The van der Waals surface area contributed by atoms with Gasteiger partial charge in [-0.2, -0.15) is 0 Å². The molecule has 5 aromatic rings. The molecule has 47 heavy (non-hydrogen) atoms. The maximum Gasteiger partial charge on any atom is 0.359 e. The van der Waals surface area contributed by atoms with Crippen LogP contribution in [0.1, 0.15) is 31.1 Å². The number of carbonyl (C=O) groups is 3. The Morgan fingerprint density at radius 2 is 1.47 bits per heavy atom. The summed E-state index contributed by atoms with van der Waals surface area (Å²) in [6.45, 7) is 2.55. The number of nitrogens with one attached hydrogen (secondary N) is 1. The van der Waals surface area contributed by atoms with Crippen LogP contribution in [0.25, 0.3) is 11.1 Å². The molecule has 2 atom stereocenters. The summed E-state index contributed by atoms with van der Waals surface area (Å²) in [7, 11) is 2.14. The van der Waals surface area contributed by atoms with Crippen molar-refractivity contribution < 1.29 is 33.4 Å². The number of likely N-dealkylation sites (tertiary alicyclic amines) is 1. The number of hydrogen-bond donors (Lipinski definition) is 2. The van der Waals surface area contributed by atoms with E-state index in [1.807, 2.05) is 72.8 Å². The minimum atomic E-state index is -1.96. The maximum absolute atomic E-state index is 14.2. The van der Waals surface area contributed by atoms with Crippen molar-refractivity contribution in [3.63, 3.8) is 0 Å². The Bertz CT molecular complexity index is 1860. The third kappa shape index (κ3) is 6.56. The van der Waals surface area contributed by atoms with E-state index >= 15 is 0 Å². The first-order valence-electron chi connectivity index (χ1n) is 14.5. The summed E-state index contributed by atoms with van der Waals surface area (Å²) in [6, 6.07) is 34.0. The van der Waals surface area contributed by atoms with E-state index < -0.39 is 46.4 Å². The van der Waals surface area contributed by atoms with Gasteiger partial charge in [0.15, 0.2) is 22.8 Å². The molecule has 1 fully saturated rings. The summed E-state index contributed by atoms with van der Waals surface area (Å²) in [6.07, 6.45) is -0.850. The molecule has 2 N–H and O–H groups in total. The Morgan fingerprint density at radius 1 is 0.894 bits per heavy atom. The zero-order valence-electron chi connectivity index (χ0n) is 25.2. The van der Waals surface area contributed by atoms with Gasteiger partial charge in [0.1, 0.15) is 17.0 Å². The smallest absolute Gasteiger partial charge is 0.359 e. The van der Waals surface area contributed by atoms with Crippen LogP contribution in [0.2, 0.25) is 0 Å². The number of ether oxygens (including phenoxy) is 2. The first-order chi connectivity index (χ1) is 22.8. The average molecular weight is 668 g/mol. The number of hydrogen-bond acceptors (Lipinski definition) is 10. The van der Waals surface area contributed by atoms with Crippen LogP contribution in [-0.2, 0) is 19.1 Å². The molecule has 6 rings (SSSR count). The first kappa shape index (κ1) is 31.8. The number of rotatable bonds is 11. The second-order valence-electron chi connectivity index (χ2n) is 10.5. The van der Waals surface area contributed by atoms with Gasteiger partial charge in [0.2, 0.25) is 5.91 Å². The van der Waals surface area contributed by atoms with Crippen LogP contribution in [-0.4, -0.2) is 43.9 Å². The maximum atomic E-state index is 14.2. The van der Waals surface area contributed by atoms with E-state index in [4.69, 9.17) is 13.9 Å². The summed E-state index contributed by atoms with van der Waals surface area (Å²) in [5.41, 5.74) is 0.211. The highest BCUT2D eigenvalue weighted by atomic mass is 33.1. The average Bonchev–Trinajstić information content (AvgIpc) is 3.50. The highest BCUT2D eigenvalue weighted by Crippen LogP contribution is 2.50. The van der Waals surface area contributed by atoms with Gasteiger partial charge in [-0.15, -0.1) is 0 Å². The van der Waals surface area contributed by atoms with Gasteiger partial charge in [0.25, 0.3) is 16.9 Å². The molecule has 2 unspecified atom stereocenters. The van der Waals surface area contributed by atoms with Crippen molar-refractivity contribution in [1.29, 1.82) is 0 Å². The van der Waals surface area contributed by atoms with Gasteiger partial charge in [-0.05, 0) is 42.3 Å². The predicted octanol–water partition coefficient (Wildman–Crippen LogP) is 6.77. The van der Waals surface area contributed by atoms with Gasteiger partial charge in [-0.25, -0.2) is 9.78 Å². The minimum absolute atomic E-state index is 0.272. The van der Waals surface area contributed by atoms with E-state index in [0.29, 0.717) is 28.0 Å². The molecule has 2 heterocycles. The Kier molecular flexibility index (Phi) is 9.23. The van der Waals surface area contributed by atoms with Crippen LogP contribution in [0.5, 0.6) is 5.75 Å². The highest BCUT2D eigenvalue weighted by Gasteiger charge is 2.67. The van der Waals surface area contributed by atoms with E-state index in [0.717, 1.165) is 26.5 Å². The van der Waals surface area contributed by atoms with Crippen molar-refractivity contribution in [2.24, 2.45) is 0 Å². The molecule has 1 saturated heterocycles. The monoisotopic (exact) mass is 667 g/mol. The number of oxazole rings is 1. The molecule has 1 aliphatic heterocycles. The molecular formula is C35H29N3O7S2. The summed E-state index contributed by atoms with van der Waals surface area (Å²) < 4.78 is 18.1. The summed E-state index contributed by atoms with van der Waals surface area (Å²) >= 11 is 0. The predicted molar refractivity (Wildman–Crippen MR) is 178 cm³/mol. The van der Waals surface area contributed by atoms with Crippen LogP contribution in [0, 0.1) is 0 Å². The van der Waals surface area contributed by atoms with Gasteiger partial charge >= 0.3 is 5.97 Å². The van der Waals surface area contributed by atoms with E-state index in [2.05, 4.69) is 10.3 Å². The largest absolute Gasteiger partial charge is 0.510 e. The number of allylic oxidation sites excluding steroid dienone is 1. The van der Waals surface area contributed by atoms with E-state index in [1.165, 1.54) is 13.8 Å². The minimum Gasteiger partial charge on any atom is -0.510 e. The number of carbonyl (C=O) groups excluding carboxylic acids is 3. The van der Waals surface area contributed by atoms with Crippen molar-refractivity contribution in [2.45, 2.75) is 36.3 Å². The number of amides is 2. The summed E-state index contributed by atoms with van der Waals surface area (Å²) in [5.74, 6) is -2.45. The van der Waals surface area contributed by atoms with E-state index in [1.54, 1.807) is 42.5 Å². The Labute approximate surface area is 278 Å². The van der Waals surface area contributed by atoms with Crippen LogP contribution in [0.4, 0.5) is 0 Å². The van der Waals surface area contributed by atoms with Crippen molar-refractivity contribution in [1.82, 2.24) is 15.2 Å². The van der Waals surface area contributed by atoms with Crippen molar-refractivity contribution in [3.05, 3.63) is 138 Å². The second kappa shape index (κ2) is 13.7.